The molecule has 1 fully saturated rings. The lowest BCUT2D eigenvalue weighted by Gasteiger charge is -2.44. The molecule has 27 heavy (non-hydrogen) atoms. The highest BCUT2D eigenvalue weighted by atomic mass is 16.5. The van der Waals surface area contributed by atoms with Crippen LogP contribution in [0.2, 0.25) is 0 Å². The van der Waals surface area contributed by atoms with Crippen LogP contribution in [0.5, 0.6) is 5.75 Å². The molecular weight excluding hydrogens is 342 g/mol. The zero-order valence-corrected chi connectivity index (χ0v) is 14.9. The van der Waals surface area contributed by atoms with E-state index < -0.39 is 6.04 Å². The second kappa shape index (κ2) is 5.87. The third kappa shape index (κ3) is 2.33. The van der Waals surface area contributed by atoms with Crippen LogP contribution in [0.3, 0.4) is 0 Å². The molecule has 0 bridgehead atoms. The van der Waals surface area contributed by atoms with Crippen molar-refractivity contribution in [2.24, 2.45) is 0 Å². The Morgan fingerprint density at radius 2 is 1.85 bits per heavy atom. The van der Waals surface area contributed by atoms with E-state index in [-0.39, 0.29) is 24.4 Å². The molecule has 6 nitrogen and oxygen atoms in total. The lowest BCUT2D eigenvalue weighted by molar-refractivity contribution is -0.148. The zero-order chi connectivity index (χ0) is 18.5. The molecule has 0 saturated carbocycles. The number of rotatable bonds is 2. The van der Waals surface area contributed by atoms with E-state index in [4.69, 9.17) is 4.74 Å². The summed E-state index contributed by atoms with van der Waals surface area (Å²) in [5, 5.41) is 3.84. The Hall–Kier alpha value is -3.28. The largest absolute Gasteiger partial charge is 0.497 e. The molecule has 0 spiro atoms. The monoisotopic (exact) mass is 361 g/mol. The number of hydrogen-bond acceptors (Lipinski definition) is 3. The van der Waals surface area contributed by atoms with Crippen molar-refractivity contribution >= 4 is 22.7 Å². The first-order chi connectivity index (χ1) is 13.2. The number of ether oxygens (including phenoxy) is 1. The number of carbonyl (C=O) groups is 2. The van der Waals surface area contributed by atoms with Gasteiger partial charge in [0.1, 0.15) is 11.8 Å². The number of nitrogens with one attached hydrogen (secondary N) is 2. The van der Waals surface area contributed by atoms with Gasteiger partial charge < -0.3 is 19.9 Å². The van der Waals surface area contributed by atoms with Crippen LogP contribution in [0.15, 0.2) is 48.5 Å². The van der Waals surface area contributed by atoms with Gasteiger partial charge in [-0.05, 0) is 29.3 Å². The Balaban J connectivity index is 1.74. The van der Waals surface area contributed by atoms with Crippen molar-refractivity contribution in [3.05, 3.63) is 65.4 Å². The standard InChI is InChI=1S/C21H19N3O3/c1-27-13-8-6-12(7-9-13)20-19-15(14-4-2-3-5-16(14)23-19)10-17-21(26)22-11-18(25)24(17)20/h2-9,17,20,23H,10-11H2,1H3,(H,22,26)/t17?,20-/m1/s1. The summed E-state index contributed by atoms with van der Waals surface area (Å²) in [6.45, 7) is 0.0392. The van der Waals surface area contributed by atoms with Crippen LogP contribution in [0.25, 0.3) is 10.9 Å². The van der Waals surface area contributed by atoms with E-state index in [0.717, 1.165) is 33.5 Å². The number of piperazine rings is 1. The van der Waals surface area contributed by atoms with E-state index >= 15 is 0 Å². The molecule has 2 aromatic carbocycles. The molecule has 1 unspecified atom stereocenters. The predicted molar refractivity (Wildman–Crippen MR) is 100 cm³/mol. The van der Waals surface area contributed by atoms with Crippen molar-refractivity contribution in [3.8, 4) is 5.75 Å². The van der Waals surface area contributed by atoms with Crippen LogP contribution < -0.4 is 10.1 Å². The fourth-order valence-electron chi connectivity index (χ4n) is 4.31. The number of fused-ring (bicyclic) bond motifs is 4. The topological polar surface area (TPSA) is 74.4 Å². The Labute approximate surface area is 156 Å². The van der Waals surface area contributed by atoms with Gasteiger partial charge >= 0.3 is 0 Å². The van der Waals surface area contributed by atoms with Crippen LogP contribution in [0.1, 0.15) is 22.9 Å². The van der Waals surface area contributed by atoms with Gasteiger partial charge in [-0.3, -0.25) is 9.59 Å². The number of nitrogens with zero attached hydrogens (tertiary/aromatic N) is 1. The van der Waals surface area contributed by atoms with Gasteiger partial charge in [-0.2, -0.15) is 0 Å². The van der Waals surface area contributed by atoms with Crippen LogP contribution in [0.4, 0.5) is 0 Å². The summed E-state index contributed by atoms with van der Waals surface area (Å²) in [6, 6.07) is 14.9. The minimum absolute atomic E-state index is 0.0392. The average Bonchev–Trinajstić information content (AvgIpc) is 3.08. The van der Waals surface area contributed by atoms with Gasteiger partial charge in [-0.1, -0.05) is 30.3 Å². The second-order valence-electron chi connectivity index (χ2n) is 6.98. The number of para-hydroxylation sites is 1. The van der Waals surface area contributed by atoms with Crippen molar-refractivity contribution in [2.75, 3.05) is 13.7 Å². The SMILES string of the molecule is COc1ccc([C@@H]2c3[nH]c4ccccc4c3CC3C(=O)NCC(=O)N32)cc1. The number of aromatic nitrogens is 1. The van der Waals surface area contributed by atoms with E-state index in [1.165, 1.54) is 0 Å². The molecule has 0 radical (unpaired) electrons. The van der Waals surface area contributed by atoms with Gasteiger partial charge in [0.2, 0.25) is 11.8 Å². The summed E-state index contributed by atoms with van der Waals surface area (Å²) >= 11 is 0. The molecule has 1 aromatic heterocycles. The molecule has 2 atom stereocenters. The molecule has 3 heterocycles. The highest BCUT2D eigenvalue weighted by molar-refractivity contribution is 5.97. The van der Waals surface area contributed by atoms with Crippen molar-refractivity contribution < 1.29 is 14.3 Å². The number of aromatic amines is 1. The van der Waals surface area contributed by atoms with E-state index in [2.05, 4.69) is 16.4 Å². The summed E-state index contributed by atoms with van der Waals surface area (Å²) in [5.74, 6) is 0.597. The number of methoxy groups -OCH3 is 1. The molecule has 2 amide bonds. The Morgan fingerprint density at radius 3 is 2.63 bits per heavy atom. The first-order valence-corrected chi connectivity index (χ1v) is 8.99. The lowest BCUT2D eigenvalue weighted by Crippen LogP contribution is -2.61. The Bertz CT molecular complexity index is 1050. The number of hydrogen-bond donors (Lipinski definition) is 2. The molecule has 2 aliphatic heterocycles. The molecule has 6 heteroatoms. The molecule has 0 aliphatic carbocycles. The van der Waals surface area contributed by atoms with Crippen molar-refractivity contribution in [1.82, 2.24) is 15.2 Å². The first-order valence-electron chi connectivity index (χ1n) is 8.99. The quantitative estimate of drug-likeness (QED) is 0.734. The third-order valence-corrected chi connectivity index (χ3v) is 5.57. The zero-order valence-electron chi connectivity index (χ0n) is 14.9. The second-order valence-corrected chi connectivity index (χ2v) is 6.98. The van der Waals surface area contributed by atoms with Gasteiger partial charge in [-0.15, -0.1) is 0 Å². The third-order valence-electron chi connectivity index (χ3n) is 5.57. The van der Waals surface area contributed by atoms with Crippen LogP contribution in [-0.2, 0) is 16.0 Å². The van der Waals surface area contributed by atoms with Gasteiger partial charge in [0.05, 0.1) is 19.7 Å². The molecule has 5 rings (SSSR count). The minimum Gasteiger partial charge on any atom is -0.497 e. The Morgan fingerprint density at radius 1 is 1.07 bits per heavy atom. The number of amides is 2. The Kier molecular flexibility index (Phi) is 3.47. The van der Waals surface area contributed by atoms with Gasteiger partial charge in [0, 0.05) is 23.0 Å². The van der Waals surface area contributed by atoms with Gasteiger partial charge in [-0.25, -0.2) is 0 Å². The maximum atomic E-state index is 12.8. The van der Waals surface area contributed by atoms with E-state index in [9.17, 15) is 9.59 Å². The summed E-state index contributed by atoms with van der Waals surface area (Å²) in [6.07, 6.45) is 0.517. The summed E-state index contributed by atoms with van der Waals surface area (Å²) < 4.78 is 5.27. The fraction of sp³-hybridized carbons (Fsp3) is 0.238. The molecule has 2 N–H and O–H groups in total. The smallest absolute Gasteiger partial charge is 0.243 e. The number of carbonyl (C=O) groups excluding carboxylic acids is 2. The van der Waals surface area contributed by atoms with E-state index in [1.807, 2.05) is 42.5 Å². The van der Waals surface area contributed by atoms with Crippen molar-refractivity contribution in [1.29, 1.82) is 0 Å². The molecular formula is C21H19N3O3. The predicted octanol–water partition coefficient (Wildman–Crippen LogP) is 2.15. The normalized spacial score (nSPS) is 21.6. The van der Waals surface area contributed by atoms with E-state index in [1.54, 1.807) is 12.0 Å². The highest BCUT2D eigenvalue weighted by Crippen LogP contribution is 2.41. The first kappa shape index (κ1) is 15.9. The van der Waals surface area contributed by atoms with Crippen LogP contribution in [0, 0.1) is 0 Å². The fourth-order valence-corrected chi connectivity index (χ4v) is 4.31. The molecule has 136 valence electrons. The molecule has 2 aliphatic rings. The average molecular weight is 361 g/mol. The highest BCUT2D eigenvalue weighted by Gasteiger charge is 2.45. The summed E-state index contributed by atoms with van der Waals surface area (Å²) in [7, 11) is 1.62. The molecule has 3 aromatic rings. The number of benzene rings is 2. The van der Waals surface area contributed by atoms with E-state index in [0.29, 0.717) is 6.42 Å². The van der Waals surface area contributed by atoms with Crippen LogP contribution >= 0.6 is 0 Å². The minimum atomic E-state index is -0.495. The number of H-pyrrole nitrogens is 1. The molecule has 1 saturated heterocycles. The van der Waals surface area contributed by atoms with Gasteiger partial charge in [0.15, 0.2) is 0 Å². The van der Waals surface area contributed by atoms with Crippen molar-refractivity contribution in [3.63, 3.8) is 0 Å². The maximum Gasteiger partial charge on any atom is 0.243 e. The maximum absolute atomic E-state index is 12.8. The summed E-state index contributed by atoms with van der Waals surface area (Å²) in [4.78, 5) is 30.6. The van der Waals surface area contributed by atoms with Crippen LogP contribution in [-0.4, -0.2) is 41.4 Å². The summed E-state index contributed by atoms with van der Waals surface area (Å²) in [5.41, 5.74) is 4.07. The van der Waals surface area contributed by atoms with Crippen molar-refractivity contribution in [2.45, 2.75) is 18.5 Å². The lowest BCUT2D eigenvalue weighted by atomic mass is 9.86. The van der Waals surface area contributed by atoms with Gasteiger partial charge in [0.25, 0.3) is 0 Å².